The molecule has 25 heavy (non-hydrogen) atoms. The van der Waals surface area contributed by atoms with Crippen LogP contribution in [0.25, 0.3) is 0 Å². The summed E-state index contributed by atoms with van der Waals surface area (Å²) in [6.07, 6.45) is 12.1. The van der Waals surface area contributed by atoms with E-state index in [4.69, 9.17) is 4.74 Å². The lowest BCUT2D eigenvalue weighted by Gasteiger charge is -2.65. The number of hydrogen-bond donors (Lipinski definition) is 0. The van der Waals surface area contributed by atoms with Gasteiger partial charge in [-0.1, -0.05) is 18.6 Å². The van der Waals surface area contributed by atoms with E-state index in [0.717, 1.165) is 24.2 Å². The molecule has 0 aromatic carbocycles. The summed E-state index contributed by atoms with van der Waals surface area (Å²) >= 11 is 0. The van der Waals surface area contributed by atoms with Crippen LogP contribution in [-0.2, 0) is 9.53 Å². The Morgan fingerprint density at radius 1 is 1.20 bits per heavy atom. The zero-order valence-electron chi connectivity index (χ0n) is 15.7. The molecule has 0 bridgehead atoms. The topological polar surface area (TPSA) is 29.5 Å². The molecule has 0 N–H and O–H groups in total. The predicted octanol–water partition coefficient (Wildman–Crippen LogP) is 3.93. The highest BCUT2D eigenvalue weighted by Crippen LogP contribution is 2.69. The minimum atomic E-state index is -0.235. The van der Waals surface area contributed by atoms with Crippen molar-refractivity contribution in [3.8, 4) is 0 Å². The Labute approximate surface area is 151 Å². The summed E-state index contributed by atoms with van der Waals surface area (Å²) in [6, 6.07) is 1.21. The van der Waals surface area contributed by atoms with Gasteiger partial charge in [0.25, 0.3) is 0 Å². The third kappa shape index (κ3) is 1.62. The lowest BCUT2D eigenvalue weighted by molar-refractivity contribution is -0.242. The molecule has 2 saturated carbocycles. The van der Waals surface area contributed by atoms with Crippen LogP contribution in [-0.4, -0.2) is 35.1 Å². The first-order valence-corrected chi connectivity index (χ1v) is 10.7. The molecular weight excluding hydrogens is 310 g/mol. The Hall–Kier alpha value is -0.830. The molecule has 6 aliphatic rings. The summed E-state index contributed by atoms with van der Waals surface area (Å²) in [5.41, 5.74) is 1.72. The number of ether oxygens (including phenoxy) is 1. The third-order valence-electron chi connectivity index (χ3n) is 9.55. The zero-order valence-corrected chi connectivity index (χ0v) is 15.7. The zero-order chi connectivity index (χ0) is 17.0. The monoisotopic (exact) mass is 341 g/mol. The van der Waals surface area contributed by atoms with Gasteiger partial charge in [-0.3, -0.25) is 9.69 Å². The predicted molar refractivity (Wildman–Crippen MR) is 95.9 cm³/mol. The van der Waals surface area contributed by atoms with Crippen molar-refractivity contribution >= 4 is 5.97 Å². The van der Waals surface area contributed by atoms with Crippen LogP contribution in [0.1, 0.15) is 65.2 Å². The number of allylic oxidation sites excluding steroid dienone is 1. The van der Waals surface area contributed by atoms with Crippen LogP contribution < -0.4 is 0 Å². The number of carbonyl (C=O) groups is 1. The molecule has 0 aromatic rings. The first kappa shape index (κ1) is 15.2. The van der Waals surface area contributed by atoms with E-state index in [1.165, 1.54) is 45.1 Å². The first-order valence-electron chi connectivity index (χ1n) is 10.7. The smallest absolute Gasteiger partial charge is 0.306 e. The van der Waals surface area contributed by atoms with Crippen LogP contribution in [0.2, 0.25) is 0 Å². The lowest BCUT2D eigenvalue weighted by atomic mass is 9.52. The highest BCUT2D eigenvalue weighted by molar-refractivity contribution is 5.71. The molecule has 3 nitrogen and oxygen atoms in total. The highest BCUT2D eigenvalue weighted by atomic mass is 16.6. The Kier molecular flexibility index (Phi) is 2.87. The second kappa shape index (κ2) is 4.71. The van der Waals surface area contributed by atoms with Crippen molar-refractivity contribution in [2.75, 3.05) is 6.54 Å². The molecule has 1 spiro atoms. The number of esters is 1. The van der Waals surface area contributed by atoms with E-state index in [0.29, 0.717) is 24.4 Å². The molecule has 3 heteroatoms. The van der Waals surface area contributed by atoms with Gasteiger partial charge in [-0.15, -0.1) is 0 Å². The molecule has 3 aliphatic heterocycles. The molecule has 6 rings (SSSR count). The van der Waals surface area contributed by atoms with Gasteiger partial charge in [-0.2, -0.15) is 0 Å². The molecule has 136 valence electrons. The van der Waals surface area contributed by atoms with E-state index in [-0.39, 0.29) is 17.0 Å². The molecule has 3 aliphatic carbocycles. The summed E-state index contributed by atoms with van der Waals surface area (Å²) in [4.78, 5) is 15.3. The fraction of sp³-hybridized carbons (Fsp3) is 0.864. The van der Waals surface area contributed by atoms with Crippen molar-refractivity contribution in [1.29, 1.82) is 0 Å². The Morgan fingerprint density at radius 2 is 2.08 bits per heavy atom. The van der Waals surface area contributed by atoms with Crippen LogP contribution in [0.15, 0.2) is 11.6 Å². The second-order valence-electron chi connectivity index (χ2n) is 10.2. The van der Waals surface area contributed by atoms with Crippen molar-refractivity contribution in [2.24, 2.45) is 29.1 Å². The maximum absolute atomic E-state index is 12.4. The Morgan fingerprint density at radius 3 is 2.96 bits per heavy atom. The molecule has 0 amide bonds. The average molecular weight is 341 g/mol. The van der Waals surface area contributed by atoms with Gasteiger partial charge in [0.2, 0.25) is 0 Å². The van der Waals surface area contributed by atoms with Crippen LogP contribution in [0.5, 0.6) is 0 Å². The van der Waals surface area contributed by atoms with Crippen LogP contribution in [0.3, 0.4) is 0 Å². The van der Waals surface area contributed by atoms with Gasteiger partial charge in [0, 0.05) is 36.4 Å². The standard InChI is InChI=1S/C22H31NO2/c1-13-12-23-19-16-5-3-4-14(16)6-7-17(19)21(2)22(11-9-18(24)25-21)10-8-15(13)20(22)23/h5,13-15,17,19-20H,3-4,6-12H2,1-2H3/t13-,14+,15-,17+,19+,20+,21-,22?/m1/s1. The van der Waals surface area contributed by atoms with Crippen molar-refractivity contribution in [2.45, 2.75) is 82.9 Å². The molecule has 3 heterocycles. The van der Waals surface area contributed by atoms with Crippen molar-refractivity contribution in [1.82, 2.24) is 4.90 Å². The SMILES string of the molecule is C[C@@H]1CN2[C@H]3[C@@H]1CCC31CCC(=O)O[C@]1(C)[C@H]1CC[C@@H]3CCC=C3[C@@H]12. The maximum Gasteiger partial charge on any atom is 0.306 e. The quantitative estimate of drug-likeness (QED) is 0.494. The van der Waals surface area contributed by atoms with E-state index >= 15 is 0 Å². The van der Waals surface area contributed by atoms with Gasteiger partial charge in [0.15, 0.2) is 0 Å². The maximum atomic E-state index is 12.4. The van der Waals surface area contributed by atoms with Crippen molar-refractivity contribution in [3.05, 3.63) is 11.6 Å². The summed E-state index contributed by atoms with van der Waals surface area (Å²) in [6.45, 7) is 6.10. The van der Waals surface area contributed by atoms with Gasteiger partial charge in [0.05, 0.1) is 0 Å². The van der Waals surface area contributed by atoms with Gasteiger partial charge in [0.1, 0.15) is 5.60 Å². The van der Waals surface area contributed by atoms with Crippen LogP contribution >= 0.6 is 0 Å². The molecular formula is C22H31NO2. The van der Waals surface area contributed by atoms with Crippen molar-refractivity contribution < 1.29 is 9.53 Å². The number of fused-ring (bicyclic) bond motifs is 5. The van der Waals surface area contributed by atoms with Crippen LogP contribution in [0, 0.1) is 29.1 Å². The minimum absolute atomic E-state index is 0.0670. The van der Waals surface area contributed by atoms with Crippen LogP contribution in [0.4, 0.5) is 0 Å². The molecule has 0 radical (unpaired) electrons. The van der Waals surface area contributed by atoms with Gasteiger partial charge >= 0.3 is 5.97 Å². The summed E-state index contributed by atoms with van der Waals surface area (Å²) in [5.74, 6) is 3.01. The van der Waals surface area contributed by atoms with Crippen molar-refractivity contribution in [3.63, 3.8) is 0 Å². The largest absolute Gasteiger partial charge is 0.458 e. The summed E-state index contributed by atoms with van der Waals surface area (Å²) in [5, 5.41) is 0. The fourth-order valence-corrected chi connectivity index (χ4v) is 8.62. The number of piperidine rings is 1. The Bertz CT molecular complexity index is 671. The molecule has 8 atom stereocenters. The highest BCUT2D eigenvalue weighted by Gasteiger charge is 2.73. The third-order valence-corrected chi connectivity index (χ3v) is 9.55. The second-order valence-corrected chi connectivity index (χ2v) is 10.2. The number of hydrogen-bond acceptors (Lipinski definition) is 3. The molecule has 0 aromatic heterocycles. The van der Waals surface area contributed by atoms with E-state index in [9.17, 15) is 4.79 Å². The lowest BCUT2D eigenvalue weighted by Crippen LogP contribution is -2.73. The fourth-order valence-electron chi connectivity index (χ4n) is 8.62. The van der Waals surface area contributed by atoms with E-state index < -0.39 is 0 Å². The van der Waals surface area contributed by atoms with E-state index in [2.05, 4.69) is 24.8 Å². The summed E-state index contributed by atoms with van der Waals surface area (Å²) in [7, 11) is 0. The molecule has 5 fully saturated rings. The first-order chi connectivity index (χ1) is 12.1. The van der Waals surface area contributed by atoms with Gasteiger partial charge in [-0.25, -0.2) is 0 Å². The Balaban J connectivity index is 1.54. The minimum Gasteiger partial charge on any atom is -0.458 e. The van der Waals surface area contributed by atoms with Gasteiger partial charge in [-0.05, 0) is 69.6 Å². The normalized spacial score (nSPS) is 56.6. The van der Waals surface area contributed by atoms with E-state index in [1.807, 2.05) is 0 Å². The molecule has 1 unspecified atom stereocenters. The van der Waals surface area contributed by atoms with Gasteiger partial charge < -0.3 is 4.74 Å². The number of carbonyl (C=O) groups excluding carboxylic acids is 1. The summed E-state index contributed by atoms with van der Waals surface area (Å²) < 4.78 is 6.37. The molecule has 3 saturated heterocycles. The number of nitrogens with zero attached hydrogens (tertiary/aromatic N) is 1. The number of rotatable bonds is 0. The van der Waals surface area contributed by atoms with E-state index in [1.54, 1.807) is 5.57 Å². The average Bonchev–Trinajstić information content (AvgIpc) is 3.27.